The van der Waals surface area contributed by atoms with Gasteiger partial charge in [0.15, 0.2) is 5.11 Å². The van der Waals surface area contributed by atoms with E-state index < -0.39 is 5.91 Å². The van der Waals surface area contributed by atoms with E-state index in [2.05, 4.69) is 47.8 Å². The summed E-state index contributed by atoms with van der Waals surface area (Å²) in [7, 11) is 1.48. The molecule has 1 aromatic heterocycles. The van der Waals surface area contributed by atoms with Gasteiger partial charge in [-0.3, -0.25) is 14.9 Å². The summed E-state index contributed by atoms with van der Waals surface area (Å²) in [6.07, 6.45) is 0. The molecule has 2 amide bonds. The van der Waals surface area contributed by atoms with Crippen molar-refractivity contribution in [2.45, 2.75) is 0 Å². The highest BCUT2D eigenvalue weighted by atomic mass is 79.9. The van der Waals surface area contributed by atoms with E-state index >= 15 is 0 Å². The van der Waals surface area contributed by atoms with Gasteiger partial charge in [-0.25, -0.2) is 0 Å². The lowest BCUT2D eigenvalue weighted by molar-refractivity contribution is 0.0973. The molecule has 3 rings (SSSR count). The van der Waals surface area contributed by atoms with Crippen molar-refractivity contribution in [2.75, 3.05) is 17.7 Å². The predicted molar refractivity (Wildman–Crippen MR) is 131 cm³/mol. The second kappa shape index (κ2) is 10.2. The van der Waals surface area contributed by atoms with E-state index in [1.165, 1.54) is 18.4 Å². The Balaban J connectivity index is 1.67. The lowest BCUT2D eigenvalue weighted by atomic mass is 10.2. The highest BCUT2D eigenvalue weighted by Crippen LogP contribution is 2.32. The maximum atomic E-state index is 12.7. The third-order valence-corrected chi connectivity index (χ3v) is 5.93. The van der Waals surface area contributed by atoms with Gasteiger partial charge in [-0.05, 0) is 69.9 Å². The lowest BCUT2D eigenvalue weighted by Crippen LogP contribution is -2.34. The van der Waals surface area contributed by atoms with Crippen molar-refractivity contribution < 1.29 is 14.3 Å². The van der Waals surface area contributed by atoms with E-state index in [0.717, 1.165) is 0 Å². The molecule has 0 saturated heterocycles. The van der Waals surface area contributed by atoms with E-state index in [-0.39, 0.29) is 11.0 Å². The van der Waals surface area contributed by atoms with Crippen LogP contribution in [-0.4, -0.2) is 24.0 Å². The van der Waals surface area contributed by atoms with Crippen LogP contribution < -0.4 is 20.7 Å². The normalized spacial score (nSPS) is 10.2. The van der Waals surface area contributed by atoms with Crippen molar-refractivity contribution >= 4 is 83.7 Å². The SMILES string of the molecule is COc1c(Br)cc(Br)cc1C(=O)NC(=S)Nc1cccc(NC(=O)c2cccs2)c1. The summed E-state index contributed by atoms with van der Waals surface area (Å²) in [5.41, 5.74) is 1.54. The molecule has 0 aliphatic heterocycles. The fourth-order valence-corrected chi connectivity index (χ4v) is 4.76. The third kappa shape index (κ3) is 5.66. The van der Waals surface area contributed by atoms with Gasteiger partial charge in [0, 0.05) is 15.8 Å². The zero-order valence-corrected chi connectivity index (χ0v) is 20.3. The molecular formula is C20H15Br2N3O3S2. The lowest BCUT2D eigenvalue weighted by Gasteiger charge is -2.14. The second-order valence-corrected chi connectivity index (χ2v) is 9.01. The van der Waals surface area contributed by atoms with Crippen molar-refractivity contribution in [1.29, 1.82) is 0 Å². The first-order chi connectivity index (χ1) is 14.4. The smallest absolute Gasteiger partial charge is 0.265 e. The fraction of sp³-hybridized carbons (Fsp3) is 0.0500. The summed E-state index contributed by atoms with van der Waals surface area (Å²) < 4.78 is 6.66. The van der Waals surface area contributed by atoms with Crippen molar-refractivity contribution in [3.63, 3.8) is 0 Å². The second-order valence-electron chi connectivity index (χ2n) is 5.89. The molecule has 6 nitrogen and oxygen atoms in total. The number of benzene rings is 2. The van der Waals surface area contributed by atoms with Crippen LogP contribution in [0.2, 0.25) is 0 Å². The molecule has 0 aliphatic carbocycles. The minimum Gasteiger partial charge on any atom is -0.495 e. The average Bonchev–Trinajstić information content (AvgIpc) is 3.22. The first-order valence-electron chi connectivity index (χ1n) is 8.47. The first-order valence-corrected chi connectivity index (χ1v) is 11.3. The number of anilines is 2. The van der Waals surface area contributed by atoms with E-state index in [1.807, 2.05) is 11.4 Å². The van der Waals surface area contributed by atoms with Crippen LogP contribution in [0.4, 0.5) is 11.4 Å². The molecule has 0 fully saturated rings. The zero-order chi connectivity index (χ0) is 21.7. The number of nitrogens with one attached hydrogen (secondary N) is 3. The van der Waals surface area contributed by atoms with Crippen LogP contribution in [-0.2, 0) is 0 Å². The van der Waals surface area contributed by atoms with Crippen LogP contribution in [0, 0.1) is 0 Å². The Kier molecular flexibility index (Phi) is 7.59. The molecule has 1 heterocycles. The molecule has 0 atom stereocenters. The highest BCUT2D eigenvalue weighted by molar-refractivity contribution is 9.11. The average molecular weight is 569 g/mol. The number of thiophene rings is 1. The standard InChI is InChI=1S/C20H15Br2N3O3S2/c1-28-17-14(8-11(21)9-15(17)22)18(26)25-20(29)24-13-5-2-4-12(10-13)23-19(27)16-6-3-7-30-16/h2-10H,1H3,(H,23,27)(H2,24,25,26,29). The van der Waals surface area contributed by atoms with Crippen LogP contribution in [0.15, 0.2) is 62.9 Å². The van der Waals surface area contributed by atoms with Gasteiger partial charge in [0.2, 0.25) is 0 Å². The Morgan fingerprint density at radius 1 is 1.00 bits per heavy atom. The van der Waals surface area contributed by atoms with E-state index in [1.54, 1.807) is 42.5 Å². The molecule has 0 unspecified atom stereocenters. The Morgan fingerprint density at radius 2 is 1.73 bits per heavy atom. The summed E-state index contributed by atoms with van der Waals surface area (Å²) in [5.74, 6) is -0.212. The summed E-state index contributed by atoms with van der Waals surface area (Å²) in [6, 6.07) is 14.0. The number of methoxy groups -OCH3 is 1. The molecule has 3 N–H and O–H groups in total. The van der Waals surface area contributed by atoms with Crippen LogP contribution >= 0.6 is 55.4 Å². The minimum atomic E-state index is -0.423. The van der Waals surface area contributed by atoms with Gasteiger partial charge >= 0.3 is 0 Å². The van der Waals surface area contributed by atoms with Crippen molar-refractivity contribution in [3.05, 3.63) is 73.3 Å². The molecule has 0 aliphatic rings. The maximum Gasteiger partial charge on any atom is 0.265 e. The monoisotopic (exact) mass is 567 g/mol. The minimum absolute atomic E-state index is 0.111. The third-order valence-electron chi connectivity index (χ3n) is 3.81. The molecule has 0 spiro atoms. The summed E-state index contributed by atoms with van der Waals surface area (Å²) in [5, 5.41) is 10.4. The van der Waals surface area contributed by atoms with Gasteiger partial charge < -0.3 is 15.4 Å². The van der Waals surface area contributed by atoms with Gasteiger partial charge in [-0.15, -0.1) is 11.3 Å². The Labute approximate surface area is 199 Å². The number of carbonyl (C=O) groups is 2. The molecule has 10 heteroatoms. The quantitative estimate of drug-likeness (QED) is 0.346. The molecule has 0 saturated carbocycles. The van der Waals surface area contributed by atoms with Gasteiger partial charge in [0.25, 0.3) is 11.8 Å². The molecular weight excluding hydrogens is 554 g/mol. The van der Waals surface area contributed by atoms with E-state index in [0.29, 0.717) is 36.5 Å². The number of hydrogen-bond donors (Lipinski definition) is 3. The maximum absolute atomic E-state index is 12.7. The summed E-state index contributed by atoms with van der Waals surface area (Å²) in [6.45, 7) is 0. The van der Waals surface area contributed by atoms with Gasteiger partial charge in [-0.2, -0.15) is 0 Å². The van der Waals surface area contributed by atoms with Crippen molar-refractivity contribution in [1.82, 2.24) is 5.32 Å². The van der Waals surface area contributed by atoms with Crippen LogP contribution in [0.25, 0.3) is 0 Å². The van der Waals surface area contributed by atoms with Crippen molar-refractivity contribution in [2.24, 2.45) is 0 Å². The van der Waals surface area contributed by atoms with Crippen molar-refractivity contribution in [3.8, 4) is 5.75 Å². The number of rotatable bonds is 5. The largest absolute Gasteiger partial charge is 0.495 e. The van der Waals surface area contributed by atoms with Crippen LogP contribution in [0.5, 0.6) is 5.75 Å². The predicted octanol–water partition coefficient (Wildman–Crippen LogP) is 5.66. The van der Waals surface area contributed by atoms with E-state index in [9.17, 15) is 9.59 Å². The molecule has 0 radical (unpaired) electrons. The molecule has 154 valence electrons. The van der Waals surface area contributed by atoms with Gasteiger partial charge in [0.1, 0.15) is 5.75 Å². The number of halogens is 2. The van der Waals surface area contributed by atoms with Gasteiger partial charge in [0.05, 0.1) is 22.0 Å². The Morgan fingerprint density at radius 3 is 2.40 bits per heavy atom. The molecule has 30 heavy (non-hydrogen) atoms. The number of hydrogen-bond acceptors (Lipinski definition) is 5. The highest BCUT2D eigenvalue weighted by Gasteiger charge is 2.17. The number of carbonyl (C=O) groups excluding carboxylic acids is 2. The number of ether oxygens (including phenoxy) is 1. The first kappa shape index (κ1) is 22.4. The number of amides is 2. The van der Waals surface area contributed by atoms with Crippen LogP contribution in [0.1, 0.15) is 20.0 Å². The zero-order valence-electron chi connectivity index (χ0n) is 15.5. The van der Waals surface area contributed by atoms with Crippen LogP contribution in [0.3, 0.4) is 0 Å². The molecule has 2 aromatic carbocycles. The molecule has 0 bridgehead atoms. The summed E-state index contributed by atoms with van der Waals surface area (Å²) >= 11 is 13.4. The topological polar surface area (TPSA) is 79.5 Å². The fourth-order valence-electron chi connectivity index (χ4n) is 2.54. The Hall–Kier alpha value is -2.27. The number of thiocarbonyl (C=S) groups is 1. The Bertz CT molecular complexity index is 1100. The molecule has 3 aromatic rings. The van der Waals surface area contributed by atoms with E-state index in [4.69, 9.17) is 17.0 Å². The van der Waals surface area contributed by atoms with Gasteiger partial charge in [-0.1, -0.05) is 28.1 Å². The summed E-state index contributed by atoms with van der Waals surface area (Å²) in [4.78, 5) is 25.5.